The summed E-state index contributed by atoms with van der Waals surface area (Å²) in [6.45, 7) is 5.12. The third-order valence-corrected chi connectivity index (χ3v) is 4.07. The summed E-state index contributed by atoms with van der Waals surface area (Å²) in [7, 11) is 0. The van der Waals surface area contributed by atoms with Crippen molar-refractivity contribution in [1.82, 2.24) is 10.2 Å². The molecule has 0 aliphatic carbocycles. The van der Waals surface area contributed by atoms with E-state index in [1.165, 1.54) is 5.56 Å². The van der Waals surface area contributed by atoms with Crippen molar-refractivity contribution < 1.29 is 14.3 Å². The van der Waals surface area contributed by atoms with Crippen LogP contribution in [0.2, 0.25) is 0 Å². The largest absolute Gasteiger partial charge is 0.382 e. The Balaban J connectivity index is 1.70. The summed E-state index contributed by atoms with van der Waals surface area (Å²) in [5, 5.41) is 2.90. The van der Waals surface area contributed by atoms with Gasteiger partial charge in [-0.15, -0.1) is 0 Å². The van der Waals surface area contributed by atoms with Gasteiger partial charge in [-0.1, -0.05) is 30.3 Å². The fourth-order valence-electron chi connectivity index (χ4n) is 2.75. The van der Waals surface area contributed by atoms with Gasteiger partial charge in [-0.3, -0.25) is 9.59 Å². The van der Waals surface area contributed by atoms with Gasteiger partial charge in [0.25, 0.3) is 0 Å². The minimum atomic E-state index is -0.217. The van der Waals surface area contributed by atoms with Gasteiger partial charge in [-0.2, -0.15) is 0 Å². The number of carbonyl (C=O) groups excluding carboxylic acids is 2. The second-order valence-electron chi connectivity index (χ2n) is 5.82. The Bertz CT molecular complexity index is 504. The molecule has 1 aromatic carbocycles. The Kier molecular flexibility index (Phi) is 7.07. The van der Waals surface area contributed by atoms with Crippen molar-refractivity contribution in [3.05, 3.63) is 35.9 Å². The lowest BCUT2D eigenvalue weighted by Crippen LogP contribution is -2.34. The molecule has 5 nitrogen and oxygen atoms in total. The highest BCUT2D eigenvalue weighted by Gasteiger charge is 2.33. The summed E-state index contributed by atoms with van der Waals surface area (Å²) in [6, 6.07) is 10.1. The third kappa shape index (κ3) is 5.67. The lowest BCUT2D eigenvalue weighted by molar-refractivity contribution is -0.129. The molecule has 0 spiro atoms. The van der Waals surface area contributed by atoms with Crippen LogP contribution in [0.4, 0.5) is 0 Å². The molecule has 1 aliphatic heterocycles. The zero-order valence-corrected chi connectivity index (χ0v) is 13.8. The molecule has 1 aliphatic rings. The van der Waals surface area contributed by atoms with Gasteiger partial charge < -0.3 is 15.0 Å². The van der Waals surface area contributed by atoms with Gasteiger partial charge in [-0.05, 0) is 25.3 Å². The summed E-state index contributed by atoms with van der Waals surface area (Å²) < 4.78 is 5.24. The molecule has 1 saturated heterocycles. The number of benzene rings is 1. The SMILES string of the molecule is CCOCCCNC(=O)[C@H]1CC(=O)N(CCc2ccccc2)C1. The molecule has 1 heterocycles. The first kappa shape index (κ1) is 17.5. The average molecular weight is 318 g/mol. The molecule has 2 rings (SSSR count). The van der Waals surface area contributed by atoms with E-state index >= 15 is 0 Å². The maximum absolute atomic E-state index is 12.1. The van der Waals surface area contributed by atoms with E-state index in [9.17, 15) is 9.59 Å². The topological polar surface area (TPSA) is 58.6 Å². The number of nitrogens with zero attached hydrogens (tertiary/aromatic N) is 1. The summed E-state index contributed by atoms with van der Waals surface area (Å²) >= 11 is 0. The Morgan fingerprint density at radius 2 is 2.13 bits per heavy atom. The van der Waals surface area contributed by atoms with Crippen molar-refractivity contribution in [2.75, 3.05) is 32.8 Å². The fraction of sp³-hybridized carbons (Fsp3) is 0.556. The molecule has 0 unspecified atom stereocenters. The maximum atomic E-state index is 12.1. The summed E-state index contributed by atoms with van der Waals surface area (Å²) in [5.74, 6) is -0.155. The van der Waals surface area contributed by atoms with Crippen molar-refractivity contribution in [2.24, 2.45) is 5.92 Å². The molecule has 0 saturated carbocycles. The number of ether oxygens (including phenoxy) is 1. The lowest BCUT2D eigenvalue weighted by atomic mass is 10.1. The molecule has 23 heavy (non-hydrogen) atoms. The summed E-state index contributed by atoms with van der Waals surface area (Å²) in [6.07, 6.45) is 1.96. The molecule has 2 amide bonds. The van der Waals surface area contributed by atoms with Crippen LogP contribution in [-0.2, 0) is 20.7 Å². The molecular weight excluding hydrogens is 292 g/mol. The Morgan fingerprint density at radius 3 is 2.87 bits per heavy atom. The van der Waals surface area contributed by atoms with Crippen LogP contribution in [0.1, 0.15) is 25.3 Å². The van der Waals surface area contributed by atoms with Crippen LogP contribution in [0.5, 0.6) is 0 Å². The smallest absolute Gasteiger partial charge is 0.225 e. The normalized spacial score (nSPS) is 17.5. The first-order valence-electron chi connectivity index (χ1n) is 8.38. The molecule has 0 radical (unpaired) electrons. The van der Waals surface area contributed by atoms with E-state index in [2.05, 4.69) is 17.4 Å². The number of rotatable bonds is 9. The molecular formula is C18H26N2O3. The van der Waals surface area contributed by atoms with Crippen LogP contribution in [0.15, 0.2) is 30.3 Å². The zero-order valence-electron chi connectivity index (χ0n) is 13.8. The molecule has 0 aromatic heterocycles. The third-order valence-electron chi connectivity index (χ3n) is 4.07. The van der Waals surface area contributed by atoms with Crippen LogP contribution in [0.3, 0.4) is 0 Å². The Morgan fingerprint density at radius 1 is 1.35 bits per heavy atom. The first-order chi connectivity index (χ1) is 11.2. The van der Waals surface area contributed by atoms with Crippen molar-refractivity contribution in [1.29, 1.82) is 0 Å². The molecule has 1 fully saturated rings. The van der Waals surface area contributed by atoms with Crippen LogP contribution in [0.25, 0.3) is 0 Å². The fourth-order valence-corrected chi connectivity index (χ4v) is 2.75. The molecule has 1 aromatic rings. The van der Waals surface area contributed by atoms with Gasteiger partial charge in [-0.25, -0.2) is 0 Å². The Labute approximate surface area is 138 Å². The predicted molar refractivity (Wildman–Crippen MR) is 89.0 cm³/mol. The highest BCUT2D eigenvalue weighted by molar-refractivity contribution is 5.89. The molecule has 126 valence electrons. The quantitative estimate of drug-likeness (QED) is 0.704. The van der Waals surface area contributed by atoms with E-state index in [1.807, 2.05) is 25.1 Å². The number of carbonyl (C=O) groups is 2. The van der Waals surface area contributed by atoms with E-state index in [-0.39, 0.29) is 17.7 Å². The van der Waals surface area contributed by atoms with Gasteiger partial charge in [0.2, 0.25) is 11.8 Å². The maximum Gasteiger partial charge on any atom is 0.225 e. The Hall–Kier alpha value is -1.88. The number of nitrogens with one attached hydrogen (secondary N) is 1. The van der Waals surface area contributed by atoms with Gasteiger partial charge in [0, 0.05) is 39.3 Å². The van der Waals surface area contributed by atoms with Crippen molar-refractivity contribution in [3.63, 3.8) is 0 Å². The van der Waals surface area contributed by atoms with Crippen LogP contribution in [0, 0.1) is 5.92 Å². The van der Waals surface area contributed by atoms with E-state index in [4.69, 9.17) is 4.74 Å². The number of likely N-dealkylation sites (tertiary alicyclic amines) is 1. The second-order valence-corrected chi connectivity index (χ2v) is 5.82. The minimum Gasteiger partial charge on any atom is -0.382 e. The van der Waals surface area contributed by atoms with Gasteiger partial charge in [0.05, 0.1) is 5.92 Å². The molecule has 1 atom stereocenters. The van der Waals surface area contributed by atoms with E-state index < -0.39 is 0 Å². The van der Waals surface area contributed by atoms with E-state index in [1.54, 1.807) is 4.90 Å². The number of amides is 2. The second kappa shape index (κ2) is 9.30. The highest BCUT2D eigenvalue weighted by atomic mass is 16.5. The van der Waals surface area contributed by atoms with E-state index in [0.717, 1.165) is 12.8 Å². The van der Waals surface area contributed by atoms with E-state index in [0.29, 0.717) is 39.3 Å². The monoisotopic (exact) mass is 318 g/mol. The van der Waals surface area contributed by atoms with Crippen LogP contribution >= 0.6 is 0 Å². The summed E-state index contributed by atoms with van der Waals surface area (Å²) in [5.41, 5.74) is 1.21. The van der Waals surface area contributed by atoms with Crippen molar-refractivity contribution >= 4 is 11.8 Å². The van der Waals surface area contributed by atoms with Crippen LogP contribution in [-0.4, -0.2) is 49.6 Å². The number of hydrogen-bond donors (Lipinski definition) is 1. The number of hydrogen-bond acceptors (Lipinski definition) is 3. The molecule has 1 N–H and O–H groups in total. The van der Waals surface area contributed by atoms with Crippen molar-refractivity contribution in [2.45, 2.75) is 26.2 Å². The minimum absolute atomic E-state index is 0.0166. The van der Waals surface area contributed by atoms with Crippen LogP contribution < -0.4 is 5.32 Å². The average Bonchev–Trinajstić information content (AvgIpc) is 2.94. The summed E-state index contributed by atoms with van der Waals surface area (Å²) in [4.78, 5) is 26.0. The molecule has 5 heteroatoms. The highest BCUT2D eigenvalue weighted by Crippen LogP contribution is 2.18. The molecule has 0 bridgehead atoms. The van der Waals surface area contributed by atoms with Gasteiger partial charge >= 0.3 is 0 Å². The van der Waals surface area contributed by atoms with Gasteiger partial charge in [0.15, 0.2) is 0 Å². The predicted octanol–water partition coefficient (Wildman–Crippen LogP) is 1.62. The lowest BCUT2D eigenvalue weighted by Gasteiger charge is -2.16. The van der Waals surface area contributed by atoms with Crippen molar-refractivity contribution in [3.8, 4) is 0 Å². The van der Waals surface area contributed by atoms with Gasteiger partial charge in [0.1, 0.15) is 0 Å². The first-order valence-corrected chi connectivity index (χ1v) is 8.38. The zero-order chi connectivity index (χ0) is 16.5. The standard InChI is InChI=1S/C18H26N2O3/c1-2-23-12-6-10-19-18(22)16-13-17(21)20(14-16)11-9-15-7-4-3-5-8-15/h3-5,7-8,16H,2,6,9-14H2,1H3,(H,19,22)/t16-/m0/s1.